The standard InChI is InChI=1S/C27H27Cl2FN2O4/c1-18-4-9-25(36-18)16-31(14-19-5-7-23(30)8-6-19)26(33)17-32(15-24-3-2-10-35-24)27(34)20-11-21(28)13-22(29)12-20/h4-9,11-13,24H,2-3,10,14-17H2,1H3. The molecule has 1 aromatic heterocycles. The number of halogens is 3. The third-order valence-electron chi connectivity index (χ3n) is 5.95. The van der Waals surface area contributed by atoms with Crippen LogP contribution in [-0.2, 0) is 22.6 Å². The molecule has 0 spiro atoms. The van der Waals surface area contributed by atoms with Crippen LogP contribution in [0.2, 0.25) is 10.0 Å². The van der Waals surface area contributed by atoms with Crippen molar-refractivity contribution >= 4 is 35.0 Å². The number of rotatable bonds is 9. The molecule has 2 aromatic carbocycles. The molecular weight excluding hydrogens is 506 g/mol. The number of hydrogen-bond donors (Lipinski definition) is 0. The number of nitrogens with zero attached hydrogens (tertiary/aromatic N) is 2. The summed E-state index contributed by atoms with van der Waals surface area (Å²) in [4.78, 5) is 30.1. The molecule has 36 heavy (non-hydrogen) atoms. The highest BCUT2D eigenvalue weighted by molar-refractivity contribution is 6.35. The van der Waals surface area contributed by atoms with E-state index < -0.39 is 0 Å². The van der Waals surface area contributed by atoms with Gasteiger partial charge in [0, 0.05) is 35.3 Å². The Morgan fingerprint density at radius 2 is 1.72 bits per heavy atom. The van der Waals surface area contributed by atoms with E-state index in [2.05, 4.69) is 0 Å². The van der Waals surface area contributed by atoms with Crippen LogP contribution in [0.4, 0.5) is 4.39 Å². The SMILES string of the molecule is Cc1ccc(CN(Cc2ccc(F)cc2)C(=O)CN(CC2CCCO2)C(=O)c2cc(Cl)cc(Cl)c2)o1. The van der Waals surface area contributed by atoms with Crippen LogP contribution in [-0.4, -0.2) is 47.4 Å². The second kappa shape index (κ2) is 11.9. The first-order valence-corrected chi connectivity index (χ1v) is 12.5. The lowest BCUT2D eigenvalue weighted by molar-refractivity contribution is -0.133. The lowest BCUT2D eigenvalue weighted by Gasteiger charge is -2.29. The van der Waals surface area contributed by atoms with E-state index in [9.17, 15) is 14.0 Å². The molecule has 6 nitrogen and oxygen atoms in total. The molecule has 1 aliphatic rings. The molecule has 3 aromatic rings. The maximum atomic E-state index is 13.6. The van der Waals surface area contributed by atoms with Crippen molar-refractivity contribution in [2.75, 3.05) is 19.7 Å². The Labute approximate surface area is 219 Å². The molecule has 1 fully saturated rings. The van der Waals surface area contributed by atoms with Gasteiger partial charge < -0.3 is 19.0 Å². The van der Waals surface area contributed by atoms with Crippen LogP contribution in [0.3, 0.4) is 0 Å². The second-order valence-electron chi connectivity index (χ2n) is 8.87. The highest BCUT2D eigenvalue weighted by Gasteiger charge is 2.28. The van der Waals surface area contributed by atoms with Crippen molar-refractivity contribution in [3.8, 4) is 0 Å². The Morgan fingerprint density at radius 3 is 2.33 bits per heavy atom. The number of hydrogen-bond acceptors (Lipinski definition) is 4. The zero-order valence-corrected chi connectivity index (χ0v) is 21.4. The third-order valence-corrected chi connectivity index (χ3v) is 6.39. The molecule has 1 unspecified atom stereocenters. The van der Waals surface area contributed by atoms with Gasteiger partial charge >= 0.3 is 0 Å². The highest BCUT2D eigenvalue weighted by Crippen LogP contribution is 2.22. The van der Waals surface area contributed by atoms with Crippen molar-refractivity contribution in [3.63, 3.8) is 0 Å². The number of furan rings is 1. The summed E-state index contributed by atoms with van der Waals surface area (Å²) >= 11 is 12.3. The molecule has 0 radical (unpaired) electrons. The molecule has 0 aliphatic carbocycles. The van der Waals surface area contributed by atoms with Crippen LogP contribution in [0.1, 0.15) is 40.3 Å². The van der Waals surface area contributed by atoms with Gasteiger partial charge in [0.05, 0.1) is 12.6 Å². The molecular formula is C27H27Cl2FN2O4. The summed E-state index contributed by atoms with van der Waals surface area (Å²) in [6.07, 6.45) is 1.55. The Hall–Kier alpha value is -2.87. The van der Waals surface area contributed by atoms with Gasteiger partial charge in [-0.05, 0) is 67.8 Å². The largest absolute Gasteiger partial charge is 0.464 e. The van der Waals surface area contributed by atoms with Gasteiger partial charge in [-0.25, -0.2) is 4.39 Å². The normalized spacial score (nSPS) is 15.2. The van der Waals surface area contributed by atoms with Crippen LogP contribution in [0.15, 0.2) is 59.0 Å². The zero-order valence-electron chi connectivity index (χ0n) is 19.9. The third kappa shape index (κ3) is 7.09. The van der Waals surface area contributed by atoms with Gasteiger partial charge in [-0.3, -0.25) is 9.59 Å². The minimum Gasteiger partial charge on any atom is -0.464 e. The molecule has 2 heterocycles. The summed E-state index contributed by atoms with van der Waals surface area (Å²) in [5, 5.41) is 0.667. The quantitative estimate of drug-likeness (QED) is 0.345. The number of carbonyl (C=O) groups excluding carboxylic acids is 2. The van der Waals surface area contributed by atoms with E-state index in [0.29, 0.717) is 28.0 Å². The Balaban J connectivity index is 1.57. The van der Waals surface area contributed by atoms with Crippen molar-refractivity contribution in [2.45, 2.75) is 39.0 Å². The smallest absolute Gasteiger partial charge is 0.254 e. The van der Waals surface area contributed by atoms with Gasteiger partial charge in [-0.2, -0.15) is 0 Å². The fraction of sp³-hybridized carbons (Fsp3) is 0.333. The van der Waals surface area contributed by atoms with Gasteiger partial charge in [-0.15, -0.1) is 0 Å². The molecule has 1 atom stereocenters. The maximum Gasteiger partial charge on any atom is 0.254 e. The monoisotopic (exact) mass is 532 g/mol. The second-order valence-corrected chi connectivity index (χ2v) is 9.74. The van der Waals surface area contributed by atoms with Gasteiger partial charge in [-0.1, -0.05) is 35.3 Å². The lowest BCUT2D eigenvalue weighted by atomic mass is 10.1. The van der Waals surface area contributed by atoms with Crippen LogP contribution in [0.25, 0.3) is 0 Å². The first-order chi connectivity index (χ1) is 17.3. The highest BCUT2D eigenvalue weighted by atomic mass is 35.5. The summed E-state index contributed by atoms with van der Waals surface area (Å²) in [7, 11) is 0. The van der Waals surface area contributed by atoms with E-state index in [1.165, 1.54) is 29.2 Å². The number of ether oxygens (including phenoxy) is 1. The summed E-state index contributed by atoms with van der Waals surface area (Å²) in [6.45, 7) is 2.97. The van der Waals surface area contributed by atoms with Gasteiger partial charge in [0.2, 0.25) is 5.91 Å². The molecule has 1 aliphatic heterocycles. The molecule has 0 bridgehead atoms. The van der Waals surface area contributed by atoms with E-state index in [0.717, 1.165) is 24.2 Å². The minimum absolute atomic E-state index is 0.158. The van der Waals surface area contributed by atoms with Crippen LogP contribution < -0.4 is 0 Å². The summed E-state index contributed by atoms with van der Waals surface area (Å²) in [6, 6.07) is 14.2. The molecule has 2 amide bonds. The minimum atomic E-state index is -0.362. The molecule has 190 valence electrons. The van der Waals surface area contributed by atoms with E-state index in [1.807, 2.05) is 19.1 Å². The molecule has 9 heteroatoms. The summed E-state index contributed by atoms with van der Waals surface area (Å²) < 4.78 is 24.9. The fourth-order valence-corrected chi connectivity index (χ4v) is 4.70. The van der Waals surface area contributed by atoms with E-state index in [1.54, 1.807) is 23.1 Å². The topological polar surface area (TPSA) is 63.0 Å². The number of carbonyl (C=O) groups is 2. The Bertz CT molecular complexity index is 1190. The average molecular weight is 533 g/mol. The number of benzene rings is 2. The summed E-state index contributed by atoms with van der Waals surface area (Å²) in [5.74, 6) is 0.340. The van der Waals surface area contributed by atoms with E-state index >= 15 is 0 Å². The first-order valence-electron chi connectivity index (χ1n) is 11.7. The molecule has 1 saturated heterocycles. The lowest BCUT2D eigenvalue weighted by Crippen LogP contribution is -2.45. The molecule has 0 saturated carbocycles. The number of amides is 2. The molecule has 0 N–H and O–H groups in total. The maximum absolute atomic E-state index is 13.6. The van der Waals surface area contributed by atoms with Crippen LogP contribution >= 0.6 is 23.2 Å². The Morgan fingerprint density at radius 1 is 1.00 bits per heavy atom. The van der Waals surface area contributed by atoms with Crippen molar-refractivity contribution in [1.29, 1.82) is 0 Å². The fourth-order valence-electron chi connectivity index (χ4n) is 4.18. The van der Waals surface area contributed by atoms with Crippen molar-refractivity contribution in [1.82, 2.24) is 9.80 Å². The first kappa shape index (κ1) is 26.2. The predicted molar refractivity (Wildman–Crippen MR) is 135 cm³/mol. The summed E-state index contributed by atoms with van der Waals surface area (Å²) in [5.41, 5.74) is 1.05. The van der Waals surface area contributed by atoms with Crippen molar-refractivity contribution < 1.29 is 23.1 Å². The van der Waals surface area contributed by atoms with Crippen LogP contribution in [0, 0.1) is 12.7 Å². The van der Waals surface area contributed by atoms with Gasteiger partial charge in [0.15, 0.2) is 0 Å². The molecule has 4 rings (SSSR count). The van der Waals surface area contributed by atoms with Crippen molar-refractivity contribution in [2.24, 2.45) is 0 Å². The zero-order chi connectivity index (χ0) is 25.7. The van der Waals surface area contributed by atoms with Crippen molar-refractivity contribution in [3.05, 3.63) is 93.1 Å². The van der Waals surface area contributed by atoms with E-state index in [-0.39, 0.29) is 49.9 Å². The van der Waals surface area contributed by atoms with Crippen LogP contribution in [0.5, 0.6) is 0 Å². The van der Waals surface area contributed by atoms with E-state index in [4.69, 9.17) is 32.4 Å². The average Bonchev–Trinajstić information content (AvgIpc) is 3.50. The number of aryl methyl sites for hydroxylation is 1. The van der Waals surface area contributed by atoms with Gasteiger partial charge in [0.1, 0.15) is 23.9 Å². The predicted octanol–water partition coefficient (Wildman–Crippen LogP) is 5.88. The Kier molecular flexibility index (Phi) is 8.67. The van der Waals surface area contributed by atoms with Gasteiger partial charge in [0.25, 0.3) is 5.91 Å².